The molecule has 4 nitrogen and oxygen atoms in total. The Bertz CT molecular complexity index is 545. The molecule has 1 aromatic rings. The van der Waals surface area contributed by atoms with Gasteiger partial charge in [-0.3, -0.25) is 4.79 Å². The van der Waals surface area contributed by atoms with Crippen LogP contribution in [0.3, 0.4) is 0 Å². The van der Waals surface area contributed by atoms with Crippen molar-refractivity contribution < 1.29 is 13.9 Å². The van der Waals surface area contributed by atoms with Gasteiger partial charge in [0.25, 0.3) is 0 Å². The number of nitrogens with zero attached hydrogens (tertiary/aromatic N) is 1. The predicted molar refractivity (Wildman–Crippen MR) is 84.4 cm³/mol. The topological polar surface area (TPSA) is 41.6 Å². The molecule has 0 unspecified atom stereocenters. The van der Waals surface area contributed by atoms with Crippen LogP contribution in [0.4, 0.5) is 4.39 Å². The predicted octanol–water partition coefficient (Wildman–Crippen LogP) is 2.67. The lowest BCUT2D eigenvalue weighted by atomic mass is 9.92. The number of hydrogen-bond acceptors (Lipinski definition) is 3. The molecule has 1 atom stereocenters. The number of rotatable bonds is 5. The van der Waals surface area contributed by atoms with Gasteiger partial charge in [-0.15, -0.1) is 0 Å². The summed E-state index contributed by atoms with van der Waals surface area (Å²) in [7, 11) is 3.49. The van der Waals surface area contributed by atoms with Crippen LogP contribution in [0.15, 0.2) is 18.2 Å². The van der Waals surface area contributed by atoms with Crippen LogP contribution in [0.5, 0.6) is 5.75 Å². The molecular weight excluding hydrogens is 283 g/mol. The maximum Gasteiger partial charge on any atom is 0.222 e. The van der Waals surface area contributed by atoms with Crippen molar-refractivity contribution in [3.05, 3.63) is 29.6 Å². The fourth-order valence-corrected chi connectivity index (χ4v) is 3.13. The van der Waals surface area contributed by atoms with E-state index in [0.717, 1.165) is 19.4 Å². The first-order valence-electron chi connectivity index (χ1n) is 7.69. The van der Waals surface area contributed by atoms with Crippen molar-refractivity contribution in [2.45, 2.75) is 44.7 Å². The summed E-state index contributed by atoms with van der Waals surface area (Å²) in [6.07, 6.45) is 2.65. The second-order valence-corrected chi connectivity index (χ2v) is 6.47. The van der Waals surface area contributed by atoms with E-state index in [9.17, 15) is 9.18 Å². The molecule has 0 spiro atoms. The number of amides is 1. The Labute approximate surface area is 131 Å². The molecular formula is C17H25FN2O2. The normalized spacial score (nSPS) is 19.2. The lowest BCUT2D eigenvalue weighted by Gasteiger charge is -2.30. The number of halogens is 1. The molecule has 22 heavy (non-hydrogen) atoms. The third kappa shape index (κ3) is 3.58. The summed E-state index contributed by atoms with van der Waals surface area (Å²) < 4.78 is 19.0. The number of carbonyl (C=O) groups excluding carboxylic acids is 1. The van der Waals surface area contributed by atoms with Crippen molar-refractivity contribution >= 4 is 5.91 Å². The third-order valence-electron chi connectivity index (χ3n) is 4.39. The Morgan fingerprint density at radius 1 is 1.50 bits per heavy atom. The van der Waals surface area contributed by atoms with Crippen LogP contribution in [0.25, 0.3) is 0 Å². The fourth-order valence-electron chi connectivity index (χ4n) is 3.13. The third-order valence-corrected chi connectivity index (χ3v) is 4.39. The van der Waals surface area contributed by atoms with Crippen LogP contribution in [0.1, 0.15) is 38.7 Å². The van der Waals surface area contributed by atoms with Crippen molar-refractivity contribution in [2.24, 2.45) is 0 Å². The van der Waals surface area contributed by atoms with E-state index in [1.165, 1.54) is 13.2 Å². The quantitative estimate of drug-likeness (QED) is 0.909. The largest absolute Gasteiger partial charge is 0.493 e. The summed E-state index contributed by atoms with van der Waals surface area (Å²) in [6.45, 7) is 4.76. The van der Waals surface area contributed by atoms with Crippen molar-refractivity contribution in [1.82, 2.24) is 10.2 Å². The Balaban J connectivity index is 2.10. The highest BCUT2D eigenvalue weighted by Crippen LogP contribution is 2.32. The van der Waals surface area contributed by atoms with Gasteiger partial charge in [0.1, 0.15) is 0 Å². The highest BCUT2D eigenvalue weighted by atomic mass is 19.1. The van der Waals surface area contributed by atoms with E-state index in [-0.39, 0.29) is 11.7 Å². The minimum atomic E-state index is -0.693. The Morgan fingerprint density at radius 2 is 2.23 bits per heavy atom. The molecule has 5 heteroatoms. The number of nitrogens with one attached hydrogen (secondary N) is 1. The number of hydrogen-bond donors (Lipinski definition) is 1. The number of methoxy groups -OCH3 is 1. The molecule has 0 bridgehead atoms. The first-order chi connectivity index (χ1) is 10.3. The number of benzene rings is 1. The molecule has 0 radical (unpaired) electrons. The maximum atomic E-state index is 13.9. The minimum Gasteiger partial charge on any atom is -0.493 e. The molecule has 1 aliphatic heterocycles. The van der Waals surface area contributed by atoms with Crippen LogP contribution in [-0.2, 0) is 10.3 Å². The first-order valence-corrected chi connectivity index (χ1v) is 7.69. The summed E-state index contributed by atoms with van der Waals surface area (Å²) in [4.78, 5) is 14.6. The molecule has 1 aliphatic rings. The molecule has 1 saturated heterocycles. The minimum absolute atomic E-state index is 0.0185. The highest BCUT2D eigenvalue weighted by Gasteiger charge is 2.30. The van der Waals surface area contributed by atoms with Crippen LogP contribution in [0.2, 0.25) is 0 Å². The van der Waals surface area contributed by atoms with E-state index in [1.54, 1.807) is 12.1 Å². The van der Waals surface area contributed by atoms with E-state index >= 15 is 0 Å². The maximum absolute atomic E-state index is 13.9. The van der Waals surface area contributed by atoms with E-state index in [4.69, 9.17) is 4.74 Å². The molecule has 1 aromatic carbocycles. The van der Waals surface area contributed by atoms with Crippen LogP contribution < -0.4 is 10.1 Å². The summed E-state index contributed by atoms with van der Waals surface area (Å²) in [5.41, 5.74) is -0.0510. The smallest absolute Gasteiger partial charge is 0.222 e. The van der Waals surface area contributed by atoms with Gasteiger partial charge in [-0.1, -0.05) is 12.1 Å². The van der Waals surface area contributed by atoms with Gasteiger partial charge in [0.15, 0.2) is 11.6 Å². The average molecular weight is 308 g/mol. The van der Waals surface area contributed by atoms with Crippen molar-refractivity contribution in [1.29, 1.82) is 0 Å². The second-order valence-electron chi connectivity index (χ2n) is 6.47. The zero-order valence-corrected chi connectivity index (χ0v) is 13.8. The average Bonchev–Trinajstić information content (AvgIpc) is 2.83. The summed E-state index contributed by atoms with van der Waals surface area (Å²) in [5.74, 6) is -0.251. The Morgan fingerprint density at radius 3 is 2.82 bits per heavy atom. The van der Waals surface area contributed by atoms with Crippen LogP contribution in [-0.4, -0.2) is 37.6 Å². The lowest BCUT2D eigenvalue weighted by Crippen LogP contribution is -2.43. The van der Waals surface area contributed by atoms with Crippen molar-refractivity contribution in [3.8, 4) is 5.75 Å². The molecule has 1 amide bonds. The van der Waals surface area contributed by atoms with Gasteiger partial charge in [0.2, 0.25) is 5.91 Å². The first kappa shape index (κ1) is 16.7. The van der Waals surface area contributed by atoms with E-state index in [0.29, 0.717) is 18.0 Å². The number of ether oxygens (including phenoxy) is 1. The highest BCUT2D eigenvalue weighted by molar-refractivity contribution is 5.77. The molecule has 1 N–H and O–H groups in total. The van der Waals surface area contributed by atoms with Crippen molar-refractivity contribution in [2.75, 3.05) is 20.7 Å². The molecule has 2 rings (SSSR count). The van der Waals surface area contributed by atoms with Crippen molar-refractivity contribution in [3.63, 3.8) is 0 Å². The van der Waals surface area contributed by atoms with E-state index in [1.807, 2.05) is 20.9 Å². The van der Waals surface area contributed by atoms with E-state index < -0.39 is 11.4 Å². The number of likely N-dealkylation sites (tertiary alicyclic amines) is 1. The summed E-state index contributed by atoms with van der Waals surface area (Å²) >= 11 is 0. The van der Waals surface area contributed by atoms with Gasteiger partial charge in [-0.2, -0.15) is 0 Å². The Hall–Kier alpha value is -1.62. The summed E-state index contributed by atoms with van der Waals surface area (Å²) in [5, 5.41) is 3.01. The molecule has 0 aromatic heterocycles. The second kappa shape index (κ2) is 6.65. The van der Waals surface area contributed by atoms with Crippen LogP contribution >= 0.6 is 0 Å². The van der Waals surface area contributed by atoms with Gasteiger partial charge in [0.05, 0.1) is 12.6 Å². The molecule has 1 fully saturated rings. The SMILES string of the molecule is COc1c(F)cccc1C(C)(C)NC(=O)C[C@@H]1CCCN1C. The standard InChI is InChI=1S/C17H25FN2O2/c1-17(2,13-8-5-9-14(18)16(13)22-4)19-15(21)11-12-7-6-10-20(12)3/h5,8-9,12H,6-7,10-11H2,1-4H3,(H,19,21)/t12-/m0/s1. The van der Waals surface area contributed by atoms with Gasteiger partial charge < -0.3 is 15.0 Å². The lowest BCUT2D eigenvalue weighted by molar-refractivity contribution is -0.123. The molecule has 1 heterocycles. The van der Waals surface area contributed by atoms with Gasteiger partial charge in [-0.25, -0.2) is 4.39 Å². The monoisotopic (exact) mass is 308 g/mol. The van der Waals surface area contributed by atoms with E-state index in [2.05, 4.69) is 10.2 Å². The Kier molecular flexibility index (Phi) is 5.06. The van der Waals surface area contributed by atoms with Gasteiger partial charge in [0, 0.05) is 18.0 Å². The zero-order chi connectivity index (χ0) is 16.3. The molecule has 0 saturated carbocycles. The fraction of sp³-hybridized carbons (Fsp3) is 0.588. The molecule has 0 aliphatic carbocycles. The number of para-hydroxylation sites is 1. The summed E-state index contributed by atoms with van der Waals surface area (Å²) in [6, 6.07) is 5.06. The zero-order valence-electron chi connectivity index (χ0n) is 13.8. The molecule has 122 valence electrons. The van der Waals surface area contributed by atoms with Crippen LogP contribution in [0, 0.1) is 5.82 Å². The van der Waals surface area contributed by atoms with Gasteiger partial charge >= 0.3 is 0 Å². The number of carbonyl (C=O) groups is 1. The van der Waals surface area contributed by atoms with Gasteiger partial charge in [-0.05, 0) is 46.3 Å².